The van der Waals surface area contributed by atoms with Crippen molar-refractivity contribution < 1.29 is 9.84 Å². The maximum Gasteiger partial charge on any atom is 0.119 e. The number of rotatable bonds is 6. The van der Waals surface area contributed by atoms with E-state index < -0.39 is 0 Å². The van der Waals surface area contributed by atoms with Crippen molar-refractivity contribution in [2.75, 3.05) is 13.2 Å². The Hall–Kier alpha value is -1.28. The highest BCUT2D eigenvalue weighted by Gasteiger charge is 2.15. The summed E-state index contributed by atoms with van der Waals surface area (Å²) < 4.78 is 5.74. The summed E-state index contributed by atoms with van der Waals surface area (Å²) in [6.45, 7) is 1.07. The zero-order valence-electron chi connectivity index (χ0n) is 10.8. The molecular formula is C16H22O2. The highest BCUT2D eigenvalue weighted by atomic mass is 16.5. The monoisotopic (exact) mass is 246 g/mol. The van der Waals surface area contributed by atoms with Crippen molar-refractivity contribution in [2.24, 2.45) is 5.92 Å². The molecule has 1 atom stereocenters. The minimum atomic E-state index is 0.277. The van der Waals surface area contributed by atoms with Gasteiger partial charge >= 0.3 is 0 Å². The molecule has 0 fully saturated rings. The quantitative estimate of drug-likeness (QED) is 0.778. The molecule has 2 nitrogen and oxygen atoms in total. The van der Waals surface area contributed by atoms with Crippen LogP contribution >= 0.6 is 0 Å². The van der Waals surface area contributed by atoms with Crippen LogP contribution < -0.4 is 4.74 Å². The van der Waals surface area contributed by atoms with Gasteiger partial charge in [0.25, 0.3) is 0 Å². The van der Waals surface area contributed by atoms with Gasteiger partial charge in [-0.25, -0.2) is 0 Å². The van der Waals surface area contributed by atoms with Gasteiger partial charge in [0, 0.05) is 6.61 Å². The number of hydrogen-bond acceptors (Lipinski definition) is 2. The molecule has 0 saturated carbocycles. The second-order valence-electron chi connectivity index (χ2n) is 4.93. The molecule has 0 aliphatic heterocycles. The summed E-state index contributed by atoms with van der Waals surface area (Å²) in [4.78, 5) is 0. The molecule has 0 aromatic heterocycles. The minimum absolute atomic E-state index is 0.277. The van der Waals surface area contributed by atoms with Crippen LogP contribution in [0.5, 0.6) is 5.75 Å². The van der Waals surface area contributed by atoms with E-state index in [4.69, 9.17) is 9.84 Å². The van der Waals surface area contributed by atoms with Gasteiger partial charge < -0.3 is 9.84 Å². The highest BCUT2D eigenvalue weighted by Crippen LogP contribution is 2.28. The van der Waals surface area contributed by atoms with E-state index in [9.17, 15) is 0 Å². The van der Waals surface area contributed by atoms with Crippen LogP contribution in [-0.4, -0.2) is 18.3 Å². The lowest BCUT2D eigenvalue weighted by Gasteiger charge is -2.22. The van der Waals surface area contributed by atoms with Gasteiger partial charge in [0.05, 0.1) is 6.61 Å². The molecular weight excluding hydrogens is 224 g/mol. The summed E-state index contributed by atoms with van der Waals surface area (Å²) in [6.07, 6.45) is 7.80. The van der Waals surface area contributed by atoms with Crippen molar-refractivity contribution in [1.82, 2.24) is 0 Å². The number of hydrogen-bond donors (Lipinski definition) is 1. The molecule has 0 bridgehead atoms. The fourth-order valence-electron chi connectivity index (χ4n) is 2.53. The Morgan fingerprint density at radius 2 is 2.06 bits per heavy atom. The van der Waals surface area contributed by atoms with Crippen LogP contribution in [0, 0.1) is 5.92 Å². The second kappa shape index (κ2) is 7.22. The van der Waals surface area contributed by atoms with Gasteiger partial charge in [-0.2, -0.15) is 0 Å². The van der Waals surface area contributed by atoms with Gasteiger partial charge in [-0.3, -0.25) is 0 Å². The molecule has 0 spiro atoms. The van der Waals surface area contributed by atoms with E-state index >= 15 is 0 Å². The van der Waals surface area contributed by atoms with Crippen molar-refractivity contribution >= 4 is 0 Å². The maximum absolute atomic E-state index is 8.96. The number of aliphatic hydroxyl groups is 1. The summed E-state index contributed by atoms with van der Waals surface area (Å²) in [5, 5.41) is 8.96. The van der Waals surface area contributed by atoms with Crippen LogP contribution in [0.4, 0.5) is 0 Å². The summed E-state index contributed by atoms with van der Waals surface area (Å²) in [5.41, 5.74) is 1.42. The standard InChI is InChI=1S/C16H22O2/c17-11-9-14-5-4-6-15(13-14)10-12-18-16-7-2-1-3-8-16/h1-3,5,7-8,15,17H,4,6,9-13H2. The van der Waals surface area contributed by atoms with Crippen LogP contribution in [0.2, 0.25) is 0 Å². The number of para-hydroxylation sites is 1. The number of benzene rings is 1. The largest absolute Gasteiger partial charge is 0.494 e. The molecule has 0 amide bonds. The molecule has 1 aliphatic carbocycles. The predicted molar refractivity (Wildman–Crippen MR) is 73.7 cm³/mol. The van der Waals surface area contributed by atoms with Gasteiger partial charge in [0.1, 0.15) is 5.75 Å². The lowest BCUT2D eigenvalue weighted by Crippen LogP contribution is -2.11. The minimum Gasteiger partial charge on any atom is -0.494 e. The molecule has 0 saturated heterocycles. The van der Waals surface area contributed by atoms with Crippen molar-refractivity contribution in [3.63, 3.8) is 0 Å². The van der Waals surface area contributed by atoms with E-state index in [0.717, 1.165) is 44.0 Å². The third kappa shape index (κ3) is 4.19. The van der Waals surface area contributed by atoms with Crippen LogP contribution in [0.3, 0.4) is 0 Å². The first kappa shape index (κ1) is 13.2. The Balaban J connectivity index is 1.70. The van der Waals surface area contributed by atoms with Crippen LogP contribution in [-0.2, 0) is 0 Å². The first-order valence-corrected chi connectivity index (χ1v) is 6.85. The topological polar surface area (TPSA) is 29.5 Å². The van der Waals surface area contributed by atoms with Gasteiger partial charge in [0.15, 0.2) is 0 Å². The molecule has 1 N–H and O–H groups in total. The molecule has 1 unspecified atom stereocenters. The molecule has 2 heteroatoms. The van der Waals surface area contributed by atoms with Crippen LogP contribution in [0.1, 0.15) is 32.1 Å². The average Bonchev–Trinajstić information content (AvgIpc) is 2.41. The van der Waals surface area contributed by atoms with Gasteiger partial charge in [-0.1, -0.05) is 29.8 Å². The first-order chi connectivity index (χ1) is 8.88. The third-order valence-corrected chi connectivity index (χ3v) is 3.53. The van der Waals surface area contributed by atoms with Crippen molar-refractivity contribution in [2.45, 2.75) is 32.1 Å². The van der Waals surface area contributed by atoms with Crippen molar-refractivity contribution in [1.29, 1.82) is 0 Å². The lowest BCUT2D eigenvalue weighted by molar-refractivity contribution is 0.262. The maximum atomic E-state index is 8.96. The molecule has 98 valence electrons. The molecule has 1 aliphatic rings. The fourth-order valence-corrected chi connectivity index (χ4v) is 2.53. The van der Waals surface area contributed by atoms with Gasteiger partial charge in [-0.05, 0) is 50.2 Å². The first-order valence-electron chi connectivity index (χ1n) is 6.85. The number of ether oxygens (including phenoxy) is 1. The predicted octanol–water partition coefficient (Wildman–Crippen LogP) is 3.56. The highest BCUT2D eigenvalue weighted by molar-refractivity contribution is 5.20. The van der Waals surface area contributed by atoms with Crippen molar-refractivity contribution in [3.05, 3.63) is 42.0 Å². The molecule has 0 heterocycles. The van der Waals surface area contributed by atoms with E-state index in [-0.39, 0.29) is 6.61 Å². The summed E-state index contributed by atoms with van der Waals surface area (Å²) in [7, 11) is 0. The van der Waals surface area contributed by atoms with Crippen LogP contribution in [0.15, 0.2) is 42.0 Å². The molecule has 1 aromatic rings. The summed E-state index contributed by atoms with van der Waals surface area (Å²) in [6, 6.07) is 9.99. The lowest BCUT2D eigenvalue weighted by atomic mass is 9.86. The number of aliphatic hydroxyl groups excluding tert-OH is 1. The van der Waals surface area contributed by atoms with Gasteiger partial charge in [-0.15, -0.1) is 0 Å². The zero-order valence-corrected chi connectivity index (χ0v) is 10.8. The average molecular weight is 246 g/mol. The smallest absolute Gasteiger partial charge is 0.119 e. The Morgan fingerprint density at radius 3 is 2.83 bits per heavy atom. The number of allylic oxidation sites excluding steroid dienone is 1. The Bertz CT molecular complexity index is 370. The van der Waals surface area contributed by atoms with E-state index in [1.165, 1.54) is 12.0 Å². The van der Waals surface area contributed by atoms with E-state index in [2.05, 4.69) is 6.08 Å². The summed E-state index contributed by atoms with van der Waals surface area (Å²) in [5.74, 6) is 1.68. The summed E-state index contributed by atoms with van der Waals surface area (Å²) >= 11 is 0. The van der Waals surface area contributed by atoms with E-state index in [0.29, 0.717) is 0 Å². The van der Waals surface area contributed by atoms with E-state index in [1.807, 2.05) is 30.3 Å². The molecule has 0 radical (unpaired) electrons. The SMILES string of the molecule is OCCC1=CCCC(CCOc2ccccc2)C1. The second-order valence-corrected chi connectivity index (χ2v) is 4.93. The Labute approximate surface area is 109 Å². The fraction of sp³-hybridized carbons (Fsp3) is 0.500. The third-order valence-electron chi connectivity index (χ3n) is 3.53. The molecule has 2 rings (SSSR count). The van der Waals surface area contributed by atoms with E-state index in [1.54, 1.807) is 0 Å². The molecule has 18 heavy (non-hydrogen) atoms. The zero-order chi connectivity index (χ0) is 12.6. The van der Waals surface area contributed by atoms with Crippen molar-refractivity contribution in [3.8, 4) is 5.75 Å². The normalized spacial score (nSPS) is 19.4. The van der Waals surface area contributed by atoms with Gasteiger partial charge in [0.2, 0.25) is 0 Å². The van der Waals surface area contributed by atoms with Crippen LogP contribution in [0.25, 0.3) is 0 Å². The Morgan fingerprint density at radius 1 is 1.22 bits per heavy atom. The molecule has 1 aromatic carbocycles. The Kier molecular flexibility index (Phi) is 5.28.